The third kappa shape index (κ3) is 5.31. The molecule has 146 valence electrons. The van der Waals surface area contributed by atoms with Gasteiger partial charge >= 0.3 is 11.9 Å². The second-order valence-electron chi connectivity index (χ2n) is 6.35. The molecule has 0 amide bonds. The summed E-state index contributed by atoms with van der Waals surface area (Å²) >= 11 is 0. The summed E-state index contributed by atoms with van der Waals surface area (Å²) in [4.78, 5) is 24.4. The SMILES string of the molecule is N#Cc1cccc(COC(=O)c2ccc(C(=O)OCc3cccc(C#N)c3)cc2)c1. The van der Waals surface area contributed by atoms with Crippen LogP contribution < -0.4 is 0 Å². The number of carbonyl (C=O) groups is 2. The number of ether oxygens (including phenoxy) is 2. The highest BCUT2D eigenvalue weighted by Crippen LogP contribution is 2.12. The van der Waals surface area contributed by atoms with E-state index in [2.05, 4.69) is 0 Å². The van der Waals surface area contributed by atoms with Gasteiger partial charge in [-0.2, -0.15) is 10.5 Å². The van der Waals surface area contributed by atoms with Gasteiger partial charge in [0.15, 0.2) is 0 Å². The Kier molecular flexibility index (Phi) is 6.55. The molecular weight excluding hydrogens is 380 g/mol. The topological polar surface area (TPSA) is 100 Å². The minimum absolute atomic E-state index is 0.0416. The van der Waals surface area contributed by atoms with Crippen molar-refractivity contribution in [3.05, 3.63) is 106 Å². The minimum Gasteiger partial charge on any atom is -0.457 e. The van der Waals surface area contributed by atoms with Gasteiger partial charge in [0, 0.05) is 0 Å². The first kappa shape index (κ1) is 20.3. The van der Waals surface area contributed by atoms with E-state index < -0.39 is 11.9 Å². The van der Waals surface area contributed by atoms with Crippen LogP contribution in [-0.4, -0.2) is 11.9 Å². The standard InChI is InChI=1S/C24H16N2O4/c25-13-17-3-1-5-19(11-17)15-29-23(27)21-7-9-22(10-8-21)24(28)30-16-20-6-2-4-18(12-20)14-26/h1-12H,15-16H2. The quantitative estimate of drug-likeness (QED) is 0.581. The molecule has 6 heteroatoms. The number of nitrogens with zero attached hydrogens (tertiary/aromatic N) is 2. The van der Waals surface area contributed by atoms with Crippen LogP contribution >= 0.6 is 0 Å². The normalized spacial score (nSPS) is 9.80. The Hall–Kier alpha value is -4.42. The van der Waals surface area contributed by atoms with Gasteiger partial charge in [0.2, 0.25) is 0 Å². The van der Waals surface area contributed by atoms with Crippen molar-refractivity contribution in [1.29, 1.82) is 10.5 Å². The molecule has 6 nitrogen and oxygen atoms in total. The molecule has 3 aromatic rings. The first-order chi connectivity index (χ1) is 14.6. The van der Waals surface area contributed by atoms with Crippen LogP contribution in [0.2, 0.25) is 0 Å². The van der Waals surface area contributed by atoms with Crippen LogP contribution in [0.3, 0.4) is 0 Å². The predicted molar refractivity (Wildman–Crippen MR) is 107 cm³/mol. The molecule has 0 radical (unpaired) electrons. The van der Waals surface area contributed by atoms with Crippen molar-refractivity contribution in [2.24, 2.45) is 0 Å². The van der Waals surface area contributed by atoms with E-state index in [1.54, 1.807) is 48.5 Å². The molecule has 0 saturated heterocycles. The summed E-state index contributed by atoms with van der Waals surface area (Å²) in [6.45, 7) is 0.0831. The van der Waals surface area contributed by atoms with Crippen molar-refractivity contribution in [3.8, 4) is 12.1 Å². The van der Waals surface area contributed by atoms with E-state index in [1.165, 1.54) is 24.3 Å². The average Bonchev–Trinajstić information content (AvgIpc) is 2.81. The van der Waals surface area contributed by atoms with Crippen LogP contribution in [0.25, 0.3) is 0 Å². The smallest absolute Gasteiger partial charge is 0.338 e. The Labute approximate surface area is 173 Å². The van der Waals surface area contributed by atoms with Crippen LogP contribution in [0.15, 0.2) is 72.8 Å². The third-order valence-corrected chi connectivity index (χ3v) is 4.21. The van der Waals surface area contributed by atoms with Crippen molar-refractivity contribution in [1.82, 2.24) is 0 Å². The van der Waals surface area contributed by atoms with Crippen molar-refractivity contribution in [3.63, 3.8) is 0 Å². The lowest BCUT2D eigenvalue weighted by Gasteiger charge is -2.07. The number of esters is 2. The molecule has 3 aromatic carbocycles. The molecule has 0 aliphatic carbocycles. The summed E-state index contributed by atoms with van der Waals surface area (Å²) in [6.07, 6.45) is 0. The van der Waals surface area contributed by atoms with Crippen LogP contribution in [0.5, 0.6) is 0 Å². The van der Waals surface area contributed by atoms with E-state index in [1.807, 2.05) is 12.1 Å². The highest BCUT2D eigenvalue weighted by Gasteiger charge is 2.12. The van der Waals surface area contributed by atoms with Gasteiger partial charge in [-0.15, -0.1) is 0 Å². The van der Waals surface area contributed by atoms with Crippen molar-refractivity contribution in [2.45, 2.75) is 13.2 Å². The Morgan fingerprint density at radius 2 is 1.07 bits per heavy atom. The summed E-state index contributed by atoms with van der Waals surface area (Å²) in [6, 6.07) is 23.6. The largest absolute Gasteiger partial charge is 0.457 e. The fourth-order valence-electron chi connectivity index (χ4n) is 2.67. The fourth-order valence-corrected chi connectivity index (χ4v) is 2.67. The lowest BCUT2D eigenvalue weighted by atomic mass is 10.1. The molecule has 0 bridgehead atoms. The fraction of sp³-hybridized carbons (Fsp3) is 0.0833. The molecule has 0 heterocycles. The van der Waals surface area contributed by atoms with Crippen LogP contribution in [0.4, 0.5) is 0 Å². The van der Waals surface area contributed by atoms with E-state index in [-0.39, 0.29) is 13.2 Å². The van der Waals surface area contributed by atoms with Gasteiger partial charge < -0.3 is 9.47 Å². The van der Waals surface area contributed by atoms with E-state index in [4.69, 9.17) is 20.0 Å². The first-order valence-electron chi connectivity index (χ1n) is 9.01. The second kappa shape index (κ2) is 9.68. The number of nitriles is 2. The zero-order chi connectivity index (χ0) is 21.3. The maximum atomic E-state index is 12.2. The molecule has 30 heavy (non-hydrogen) atoms. The van der Waals surface area contributed by atoms with Crippen LogP contribution in [0, 0.1) is 22.7 Å². The molecule has 0 aromatic heterocycles. The molecule has 0 N–H and O–H groups in total. The first-order valence-corrected chi connectivity index (χ1v) is 9.01. The van der Waals surface area contributed by atoms with Crippen molar-refractivity contribution in [2.75, 3.05) is 0 Å². The summed E-state index contributed by atoms with van der Waals surface area (Å²) < 4.78 is 10.5. The Morgan fingerprint density at radius 3 is 1.43 bits per heavy atom. The van der Waals surface area contributed by atoms with Gasteiger partial charge in [-0.25, -0.2) is 9.59 Å². The molecule has 0 aliphatic heterocycles. The molecule has 0 atom stereocenters. The van der Waals surface area contributed by atoms with Crippen LogP contribution in [0.1, 0.15) is 43.0 Å². The van der Waals surface area contributed by atoms with Crippen molar-refractivity contribution >= 4 is 11.9 Å². The minimum atomic E-state index is -0.536. The number of carbonyl (C=O) groups excluding carboxylic acids is 2. The second-order valence-corrected chi connectivity index (χ2v) is 6.35. The maximum Gasteiger partial charge on any atom is 0.338 e. The predicted octanol–water partition coefficient (Wildman–Crippen LogP) is 4.14. The summed E-state index contributed by atoms with van der Waals surface area (Å²) in [7, 11) is 0. The van der Waals surface area contributed by atoms with Crippen molar-refractivity contribution < 1.29 is 19.1 Å². The summed E-state index contributed by atoms with van der Waals surface area (Å²) in [5.41, 5.74) is 3.00. The van der Waals surface area contributed by atoms with Crippen LogP contribution in [-0.2, 0) is 22.7 Å². The van der Waals surface area contributed by atoms with Gasteiger partial charge in [0.1, 0.15) is 13.2 Å². The molecule has 0 saturated carbocycles. The number of hydrogen-bond acceptors (Lipinski definition) is 6. The monoisotopic (exact) mass is 396 g/mol. The molecule has 3 rings (SSSR count). The Morgan fingerprint density at radius 1 is 0.667 bits per heavy atom. The lowest BCUT2D eigenvalue weighted by Crippen LogP contribution is -2.08. The zero-order valence-electron chi connectivity index (χ0n) is 15.9. The number of benzene rings is 3. The molecule has 0 aliphatic rings. The zero-order valence-corrected chi connectivity index (χ0v) is 15.9. The van der Waals surface area contributed by atoms with Gasteiger partial charge in [-0.05, 0) is 59.7 Å². The molecule has 0 unspecified atom stereocenters. The number of rotatable bonds is 6. The Bertz CT molecular complexity index is 1060. The van der Waals surface area contributed by atoms with E-state index in [0.29, 0.717) is 33.4 Å². The summed E-state index contributed by atoms with van der Waals surface area (Å²) in [5, 5.41) is 17.8. The molecule has 0 fully saturated rings. The van der Waals surface area contributed by atoms with E-state index in [0.717, 1.165) is 0 Å². The summed E-state index contributed by atoms with van der Waals surface area (Å²) in [5.74, 6) is -1.07. The van der Waals surface area contributed by atoms with Gasteiger partial charge in [-0.3, -0.25) is 0 Å². The van der Waals surface area contributed by atoms with Gasteiger partial charge in [-0.1, -0.05) is 24.3 Å². The highest BCUT2D eigenvalue weighted by molar-refractivity contribution is 5.93. The molecule has 0 spiro atoms. The third-order valence-electron chi connectivity index (χ3n) is 4.21. The lowest BCUT2D eigenvalue weighted by molar-refractivity contribution is 0.0458. The highest BCUT2D eigenvalue weighted by atomic mass is 16.5. The van der Waals surface area contributed by atoms with E-state index in [9.17, 15) is 9.59 Å². The average molecular weight is 396 g/mol. The van der Waals surface area contributed by atoms with Gasteiger partial charge in [0.25, 0.3) is 0 Å². The number of hydrogen-bond donors (Lipinski definition) is 0. The maximum absolute atomic E-state index is 12.2. The van der Waals surface area contributed by atoms with E-state index >= 15 is 0 Å². The van der Waals surface area contributed by atoms with Gasteiger partial charge in [0.05, 0.1) is 34.4 Å². The Balaban J connectivity index is 1.55. The molecular formula is C24H16N2O4.